The number of hydrogen-bond acceptors (Lipinski definition) is 5. The van der Waals surface area contributed by atoms with Gasteiger partial charge in [-0.05, 0) is 36.4 Å². The third-order valence-corrected chi connectivity index (χ3v) is 3.72. The summed E-state index contributed by atoms with van der Waals surface area (Å²) in [5.41, 5.74) is 1.46. The Morgan fingerprint density at radius 2 is 1.68 bits per heavy atom. The molecule has 2 N–H and O–H groups in total. The average molecular weight is 355 g/mol. The smallest absolute Gasteiger partial charge is 0.276 e. The number of amides is 1. The molecule has 0 spiro atoms. The largest absolute Gasteiger partial charge is 0.495 e. The molecule has 0 saturated carbocycles. The third kappa shape index (κ3) is 4.05. The van der Waals surface area contributed by atoms with Crippen molar-refractivity contribution < 1.29 is 9.53 Å². The van der Waals surface area contributed by atoms with Gasteiger partial charge >= 0.3 is 0 Å². The Balaban J connectivity index is 1.72. The highest BCUT2D eigenvalue weighted by Gasteiger charge is 2.11. The predicted octanol–water partition coefficient (Wildman–Crippen LogP) is 4.13. The Hall–Kier alpha value is -3.12. The molecule has 1 amide bonds. The first-order valence-electron chi connectivity index (χ1n) is 7.47. The molecule has 6 nitrogen and oxygen atoms in total. The van der Waals surface area contributed by atoms with Gasteiger partial charge in [0, 0.05) is 0 Å². The van der Waals surface area contributed by atoms with E-state index >= 15 is 0 Å². The summed E-state index contributed by atoms with van der Waals surface area (Å²) in [7, 11) is 1.59. The van der Waals surface area contributed by atoms with Gasteiger partial charge in [-0.2, -0.15) is 0 Å². The molecule has 0 saturated heterocycles. The van der Waals surface area contributed by atoms with Crippen molar-refractivity contribution in [3.63, 3.8) is 0 Å². The summed E-state index contributed by atoms with van der Waals surface area (Å²) in [6.45, 7) is 0. The summed E-state index contributed by atoms with van der Waals surface area (Å²) < 4.78 is 5.27. The summed E-state index contributed by atoms with van der Waals surface area (Å²) >= 11 is 6.03. The van der Waals surface area contributed by atoms with Gasteiger partial charge in [-0.15, -0.1) is 10.2 Å². The van der Waals surface area contributed by atoms with Crippen LogP contribution in [-0.2, 0) is 0 Å². The van der Waals surface area contributed by atoms with Crippen LogP contribution in [0.1, 0.15) is 10.5 Å². The molecule has 0 aliphatic heterocycles. The molecule has 0 aliphatic rings. The van der Waals surface area contributed by atoms with Crippen molar-refractivity contribution in [2.45, 2.75) is 0 Å². The second-order valence-corrected chi connectivity index (χ2v) is 5.47. The molecule has 7 heteroatoms. The first kappa shape index (κ1) is 16.7. The second-order valence-electron chi connectivity index (χ2n) is 5.06. The van der Waals surface area contributed by atoms with Gasteiger partial charge < -0.3 is 15.4 Å². The van der Waals surface area contributed by atoms with E-state index in [2.05, 4.69) is 20.8 Å². The van der Waals surface area contributed by atoms with Crippen LogP contribution in [0, 0.1) is 0 Å². The molecule has 126 valence electrons. The molecule has 3 aromatic rings. The summed E-state index contributed by atoms with van der Waals surface area (Å²) in [6.07, 6.45) is 0. The molecule has 25 heavy (non-hydrogen) atoms. The highest BCUT2D eigenvalue weighted by atomic mass is 35.5. The van der Waals surface area contributed by atoms with Crippen molar-refractivity contribution in [1.29, 1.82) is 0 Å². The van der Waals surface area contributed by atoms with E-state index in [0.29, 0.717) is 22.3 Å². The summed E-state index contributed by atoms with van der Waals surface area (Å²) in [5.74, 6) is 0.799. The van der Waals surface area contributed by atoms with Crippen molar-refractivity contribution in [2.24, 2.45) is 0 Å². The van der Waals surface area contributed by atoms with E-state index < -0.39 is 0 Å². The van der Waals surface area contributed by atoms with E-state index in [-0.39, 0.29) is 11.6 Å². The Bertz CT molecular complexity index is 884. The number of halogens is 1. The van der Waals surface area contributed by atoms with Crippen LogP contribution in [0.2, 0.25) is 5.02 Å². The zero-order valence-electron chi connectivity index (χ0n) is 13.4. The number of nitrogens with zero attached hydrogens (tertiary/aromatic N) is 2. The van der Waals surface area contributed by atoms with Gasteiger partial charge in [0.25, 0.3) is 5.91 Å². The SMILES string of the molecule is COc1ccccc1Nc1ccc(C(=O)Nc2ccccc2Cl)nn1. The van der Waals surface area contributed by atoms with E-state index in [9.17, 15) is 4.79 Å². The maximum absolute atomic E-state index is 12.2. The molecule has 3 rings (SSSR count). The number of hydrogen-bond donors (Lipinski definition) is 2. The van der Waals surface area contributed by atoms with Crippen molar-refractivity contribution in [3.8, 4) is 5.75 Å². The summed E-state index contributed by atoms with van der Waals surface area (Å²) in [5, 5.41) is 14.2. The van der Waals surface area contributed by atoms with Crippen LogP contribution in [0.15, 0.2) is 60.7 Å². The molecular formula is C18H15ClN4O2. The van der Waals surface area contributed by atoms with Crippen LogP contribution in [0.25, 0.3) is 0 Å². The van der Waals surface area contributed by atoms with E-state index in [0.717, 1.165) is 5.69 Å². The number of anilines is 3. The van der Waals surface area contributed by atoms with Gasteiger partial charge in [0.2, 0.25) is 0 Å². The number of para-hydroxylation sites is 3. The number of carbonyl (C=O) groups excluding carboxylic acids is 1. The fraction of sp³-hybridized carbons (Fsp3) is 0.0556. The molecule has 1 aromatic heterocycles. The number of ether oxygens (including phenoxy) is 1. The van der Waals surface area contributed by atoms with Crippen LogP contribution < -0.4 is 15.4 Å². The molecule has 0 unspecified atom stereocenters. The summed E-state index contributed by atoms with van der Waals surface area (Å²) in [4.78, 5) is 12.2. The zero-order chi connectivity index (χ0) is 17.6. The fourth-order valence-corrected chi connectivity index (χ4v) is 2.34. The number of aromatic nitrogens is 2. The molecular weight excluding hydrogens is 340 g/mol. The van der Waals surface area contributed by atoms with Crippen molar-refractivity contribution in [1.82, 2.24) is 10.2 Å². The lowest BCUT2D eigenvalue weighted by Gasteiger charge is -2.10. The van der Waals surface area contributed by atoms with Gasteiger partial charge in [0.05, 0.1) is 23.5 Å². The number of methoxy groups -OCH3 is 1. The van der Waals surface area contributed by atoms with E-state index in [1.807, 2.05) is 24.3 Å². The Morgan fingerprint density at radius 3 is 2.36 bits per heavy atom. The standard InChI is InChI=1S/C18H15ClN4O2/c1-25-16-9-5-4-8-14(16)20-17-11-10-15(22-23-17)18(24)21-13-7-3-2-6-12(13)19/h2-11H,1H3,(H,20,23)(H,21,24). The molecule has 1 heterocycles. The van der Waals surface area contributed by atoms with Crippen molar-refractivity contribution in [2.75, 3.05) is 17.7 Å². The molecule has 0 fully saturated rings. The highest BCUT2D eigenvalue weighted by Crippen LogP contribution is 2.26. The number of rotatable bonds is 5. The van der Waals surface area contributed by atoms with Gasteiger partial charge in [-0.3, -0.25) is 4.79 Å². The fourth-order valence-electron chi connectivity index (χ4n) is 2.15. The number of nitrogens with one attached hydrogen (secondary N) is 2. The number of carbonyl (C=O) groups is 1. The van der Waals surface area contributed by atoms with Gasteiger partial charge in [-0.1, -0.05) is 35.9 Å². The predicted molar refractivity (Wildman–Crippen MR) is 97.7 cm³/mol. The quantitative estimate of drug-likeness (QED) is 0.720. The lowest BCUT2D eigenvalue weighted by atomic mass is 10.3. The monoisotopic (exact) mass is 354 g/mol. The lowest BCUT2D eigenvalue weighted by Crippen LogP contribution is -2.14. The topological polar surface area (TPSA) is 76.1 Å². The normalized spacial score (nSPS) is 10.2. The minimum atomic E-state index is -0.385. The molecule has 0 bridgehead atoms. The minimum Gasteiger partial charge on any atom is -0.495 e. The van der Waals surface area contributed by atoms with E-state index in [4.69, 9.17) is 16.3 Å². The van der Waals surface area contributed by atoms with Crippen LogP contribution in [-0.4, -0.2) is 23.2 Å². The average Bonchev–Trinajstić information content (AvgIpc) is 2.64. The van der Waals surface area contributed by atoms with Crippen molar-refractivity contribution in [3.05, 3.63) is 71.4 Å². The van der Waals surface area contributed by atoms with E-state index in [1.54, 1.807) is 43.5 Å². The maximum Gasteiger partial charge on any atom is 0.276 e. The molecule has 0 radical (unpaired) electrons. The minimum absolute atomic E-state index is 0.186. The van der Waals surface area contributed by atoms with E-state index in [1.165, 1.54) is 0 Å². The summed E-state index contributed by atoms with van der Waals surface area (Å²) in [6, 6.07) is 17.7. The van der Waals surface area contributed by atoms with Gasteiger partial charge in [-0.25, -0.2) is 0 Å². The third-order valence-electron chi connectivity index (χ3n) is 3.39. The van der Waals surface area contributed by atoms with Crippen LogP contribution in [0.3, 0.4) is 0 Å². The van der Waals surface area contributed by atoms with Gasteiger partial charge in [0.15, 0.2) is 11.5 Å². The van der Waals surface area contributed by atoms with Crippen LogP contribution in [0.4, 0.5) is 17.2 Å². The Morgan fingerprint density at radius 1 is 0.960 bits per heavy atom. The van der Waals surface area contributed by atoms with Crippen LogP contribution in [0.5, 0.6) is 5.75 Å². The van der Waals surface area contributed by atoms with Crippen molar-refractivity contribution >= 4 is 34.7 Å². The lowest BCUT2D eigenvalue weighted by molar-refractivity contribution is 0.102. The maximum atomic E-state index is 12.2. The Kier molecular flexibility index (Phi) is 5.11. The van der Waals surface area contributed by atoms with Crippen LogP contribution >= 0.6 is 11.6 Å². The zero-order valence-corrected chi connectivity index (χ0v) is 14.1. The first-order chi connectivity index (χ1) is 12.2. The number of benzene rings is 2. The molecule has 0 aliphatic carbocycles. The van der Waals surface area contributed by atoms with Gasteiger partial charge in [0.1, 0.15) is 5.75 Å². The molecule has 0 atom stereocenters. The Labute approximate surface area is 149 Å². The molecule has 2 aromatic carbocycles. The first-order valence-corrected chi connectivity index (χ1v) is 7.85. The second kappa shape index (κ2) is 7.63. The highest BCUT2D eigenvalue weighted by molar-refractivity contribution is 6.33.